The first-order chi connectivity index (χ1) is 13.7. The van der Waals surface area contributed by atoms with Crippen LogP contribution < -0.4 is 4.74 Å². The van der Waals surface area contributed by atoms with Crippen LogP contribution >= 0.6 is 11.3 Å². The maximum absolute atomic E-state index is 12.5. The third-order valence-electron chi connectivity index (χ3n) is 4.92. The summed E-state index contributed by atoms with van der Waals surface area (Å²) in [6.07, 6.45) is 3.51. The summed E-state index contributed by atoms with van der Waals surface area (Å²) in [5, 5.41) is 1.14. The van der Waals surface area contributed by atoms with E-state index < -0.39 is 0 Å². The summed E-state index contributed by atoms with van der Waals surface area (Å²) >= 11 is 1.75. The second-order valence-corrected chi connectivity index (χ2v) is 7.90. The van der Waals surface area contributed by atoms with Crippen molar-refractivity contribution < 1.29 is 9.53 Å². The standard InChI is InChI=1S/C22H23N3O2S/c1-27-18-9-6-17(7-10-18)8-11-22(26)25-14-12-24(13-15-25)16-21-23-19-4-2-3-5-20(19)28-21/h2-11H,12-16H2,1H3/b11-8+. The fraction of sp³-hybridized carbons (Fsp3) is 0.273. The van der Waals surface area contributed by atoms with Gasteiger partial charge in [0.15, 0.2) is 0 Å². The highest BCUT2D eigenvalue weighted by molar-refractivity contribution is 7.18. The molecule has 5 nitrogen and oxygen atoms in total. The second-order valence-electron chi connectivity index (χ2n) is 6.78. The average molecular weight is 394 g/mol. The van der Waals surface area contributed by atoms with E-state index in [4.69, 9.17) is 9.72 Å². The van der Waals surface area contributed by atoms with E-state index in [2.05, 4.69) is 17.0 Å². The second kappa shape index (κ2) is 8.54. The predicted octanol–water partition coefficient (Wildman–Crippen LogP) is 3.66. The molecule has 0 radical (unpaired) electrons. The lowest BCUT2D eigenvalue weighted by Crippen LogP contribution is -2.47. The molecule has 1 aliphatic heterocycles. The van der Waals surface area contributed by atoms with Gasteiger partial charge in [-0.05, 0) is 35.9 Å². The molecule has 0 aliphatic carbocycles. The van der Waals surface area contributed by atoms with Gasteiger partial charge in [-0.3, -0.25) is 9.69 Å². The molecule has 0 spiro atoms. The first-order valence-corrected chi connectivity index (χ1v) is 10.2. The van der Waals surface area contributed by atoms with Crippen molar-refractivity contribution in [3.05, 3.63) is 65.2 Å². The first kappa shape index (κ1) is 18.7. The number of aromatic nitrogens is 1. The number of hydrogen-bond acceptors (Lipinski definition) is 5. The Bertz CT molecular complexity index is 940. The number of piperazine rings is 1. The van der Waals surface area contributed by atoms with Crippen LogP contribution in [0.4, 0.5) is 0 Å². The number of hydrogen-bond donors (Lipinski definition) is 0. The van der Waals surface area contributed by atoms with E-state index in [0.29, 0.717) is 0 Å². The molecule has 1 saturated heterocycles. The zero-order chi connectivity index (χ0) is 19.3. The lowest BCUT2D eigenvalue weighted by atomic mass is 10.2. The molecular formula is C22H23N3O2S. The maximum atomic E-state index is 12.5. The molecule has 2 aromatic carbocycles. The topological polar surface area (TPSA) is 45.7 Å². The number of methoxy groups -OCH3 is 1. The molecule has 28 heavy (non-hydrogen) atoms. The van der Waals surface area contributed by atoms with Crippen LogP contribution in [0.15, 0.2) is 54.6 Å². The molecule has 1 aliphatic rings. The van der Waals surface area contributed by atoms with Gasteiger partial charge in [0, 0.05) is 32.3 Å². The van der Waals surface area contributed by atoms with Crippen molar-refractivity contribution in [2.24, 2.45) is 0 Å². The number of ether oxygens (including phenoxy) is 1. The van der Waals surface area contributed by atoms with Crippen molar-refractivity contribution in [3.8, 4) is 5.75 Å². The number of rotatable bonds is 5. The Kier molecular flexibility index (Phi) is 5.69. The molecule has 3 aromatic rings. The zero-order valence-electron chi connectivity index (χ0n) is 15.9. The van der Waals surface area contributed by atoms with Gasteiger partial charge in [0.1, 0.15) is 10.8 Å². The number of fused-ring (bicyclic) bond motifs is 1. The van der Waals surface area contributed by atoms with E-state index in [1.807, 2.05) is 47.4 Å². The third-order valence-corrected chi connectivity index (χ3v) is 5.94. The van der Waals surface area contributed by atoms with E-state index in [-0.39, 0.29) is 5.91 Å². The van der Waals surface area contributed by atoms with Crippen LogP contribution in [0.5, 0.6) is 5.75 Å². The fourth-order valence-corrected chi connectivity index (χ4v) is 4.30. The monoisotopic (exact) mass is 393 g/mol. The van der Waals surface area contributed by atoms with Crippen LogP contribution in [0.2, 0.25) is 0 Å². The van der Waals surface area contributed by atoms with Crippen LogP contribution in [0, 0.1) is 0 Å². The van der Waals surface area contributed by atoms with Crippen LogP contribution in [0.25, 0.3) is 16.3 Å². The van der Waals surface area contributed by atoms with Gasteiger partial charge in [-0.1, -0.05) is 24.3 Å². The number of thiazole rings is 1. The SMILES string of the molecule is COc1ccc(/C=C/C(=O)N2CCN(Cc3nc4ccccc4s3)CC2)cc1. The number of nitrogens with zero attached hydrogens (tertiary/aromatic N) is 3. The highest BCUT2D eigenvalue weighted by Gasteiger charge is 2.20. The Morgan fingerprint density at radius 1 is 1.11 bits per heavy atom. The summed E-state index contributed by atoms with van der Waals surface area (Å²) in [6.45, 7) is 4.09. The van der Waals surface area contributed by atoms with Crippen LogP contribution in [-0.2, 0) is 11.3 Å². The van der Waals surface area contributed by atoms with Crippen molar-refractivity contribution >= 4 is 33.5 Å². The molecule has 144 valence electrons. The fourth-order valence-electron chi connectivity index (χ4n) is 3.29. The van der Waals surface area contributed by atoms with E-state index in [1.54, 1.807) is 24.5 Å². The molecule has 1 aromatic heterocycles. The van der Waals surface area contributed by atoms with Gasteiger partial charge < -0.3 is 9.64 Å². The normalized spacial score (nSPS) is 15.4. The van der Waals surface area contributed by atoms with Gasteiger partial charge in [-0.15, -0.1) is 11.3 Å². The van der Waals surface area contributed by atoms with E-state index >= 15 is 0 Å². The summed E-state index contributed by atoms with van der Waals surface area (Å²) in [5.74, 6) is 0.878. The minimum atomic E-state index is 0.0652. The minimum Gasteiger partial charge on any atom is -0.497 e. The summed E-state index contributed by atoms with van der Waals surface area (Å²) < 4.78 is 6.38. The zero-order valence-corrected chi connectivity index (χ0v) is 16.7. The molecule has 0 atom stereocenters. The third kappa shape index (κ3) is 4.40. The Balaban J connectivity index is 1.29. The Hall–Kier alpha value is -2.70. The van der Waals surface area contributed by atoms with Gasteiger partial charge in [-0.2, -0.15) is 0 Å². The smallest absolute Gasteiger partial charge is 0.246 e. The average Bonchev–Trinajstić information content (AvgIpc) is 3.15. The number of carbonyl (C=O) groups is 1. The molecular weight excluding hydrogens is 370 g/mol. The summed E-state index contributed by atoms with van der Waals surface area (Å²) in [4.78, 5) is 21.5. The molecule has 2 heterocycles. The maximum Gasteiger partial charge on any atom is 0.246 e. The minimum absolute atomic E-state index is 0.0652. The molecule has 6 heteroatoms. The van der Waals surface area contributed by atoms with Gasteiger partial charge in [0.05, 0.1) is 23.9 Å². The highest BCUT2D eigenvalue weighted by atomic mass is 32.1. The van der Waals surface area contributed by atoms with E-state index in [1.165, 1.54) is 4.70 Å². The molecule has 1 fully saturated rings. The van der Waals surface area contributed by atoms with Crippen LogP contribution in [0.1, 0.15) is 10.6 Å². The molecule has 0 saturated carbocycles. The number of para-hydroxylation sites is 1. The van der Waals surface area contributed by atoms with Gasteiger partial charge in [0.2, 0.25) is 5.91 Å². The van der Waals surface area contributed by atoms with Crippen molar-refractivity contribution in [2.75, 3.05) is 33.3 Å². The van der Waals surface area contributed by atoms with Crippen molar-refractivity contribution in [1.82, 2.24) is 14.8 Å². The molecule has 0 N–H and O–H groups in total. The highest BCUT2D eigenvalue weighted by Crippen LogP contribution is 2.23. The summed E-state index contributed by atoms with van der Waals surface area (Å²) in [7, 11) is 1.64. The van der Waals surface area contributed by atoms with Crippen molar-refractivity contribution in [3.63, 3.8) is 0 Å². The number of amides is 1. The number of carbonyl (C=O) groups excluding carboxylic acids is 1. The predicted molar refractivity (Wildman–Crippen MR) is 114 cm³/mol. The van der Waals surface area contributed by atoms with Gasteiger partial charge in [0.25, 0.3) is 0 Å². The lowest BCUT2D eigenvalue weighted by molar-refractivity contribution is -0.127. The quantitative estimate of drug-likeness (QED) is 0.621. The van der Waals surface area contributed by atoms with Gasteiger partial charge >= 0.3 is 0 Å². The van der Waals surface area contributed by atoms with Gasteiger partial charge in [-0.25, -0.2) is 4.98 Å². The molecule has 0 unspecified atom stereocenters. The van der Waals surface area contributed by atoms with E-state index in [9.17, 15) is 4.79 Å². The first-order valence-electron chi connectivity index (χ1n) is 9.39. The molecule has 1 amide bonds. The van der Waals surface area contributed by atoms with Crippen LogP contribution in [0.3, 0.4) is 0 Å². The number of benzene rings is 2. The van der Waals surface area contributed by atoms with E-state index in [0.717, 1.165) is 54.6 Å². The Morgan fingerprint density at radius 3 is 2.57 bits per heavy atom. The van der Waals surface area contributed by atoms with Crippen molar-refractivity contribution in [2.45, 2.75) is 6.54 Å². The molecule has 0 bridgehead atoms. The largest absolute Gasteiger partial charge is 0.497 e. The Morgan fingerprint density at radius 2 is 1.86 bits per heavy atom. The summed E-state index contributed by atoms with van der Waals surface area (Å²) in [5.41, 5.74) is 2.06. The van der Waals surface area contributed by atoms with Crippen molar-refractivity contribution in [1.29, 1.82) is 0 Å². The Labute approximate surface area is 168 Å². The molecule has 4 rings (SSSR count). The summed E-state index contributed by atoms with van der Waals surface area (Å²) in [6, 6.07) is 15.9. The van der Waals surface area contributed by atoms with Crippen LogP contribution in [-0.4, -0.2) is 54.0 Å². The lowest BCUT2D eigenvalue weighted by Gasteiger charge is -2.33.